The van der Waals surface area contributed by atoms with Gasteiger partial charge in [-0.05, 0) is 54.4 Å². The molecule has 0 fully saturated rings. The minimum atomic E-state index is -1.05. The number of fused-ring (bicyclic) bond motifs is 1. The largest absolute Gasteiger partial charge is 0.507 e. The Labute approximate surface area is 202 Å². The molecule has 178 valence electrons. The van der Waals surface area contributed by atoms with Crippen molar-refractivity contribution >= 4 is 16.9 Å². The Morgan fingerprint density at radius 2 is 1.83 bits per heavy atom. The van der Waals surface area contributed by atoms with E-state index in [9.17, 15) is 24.7 Å². The second kappa shape index (κ2) is 8.80. The molecule has 35 heavy (non-hydrogen) atoms. The number of carboxylic acid groups (broad SMARTS) is 1. The van der Waals surface area contributed by atoms with Crippen LogP contribution in [-0.4, -0.2) is 27.9 Å². The molecule has 4 aromatic rings. The number of hydrogen-bond donors (Lipinski definition) is 2. The molecule has 1 aromatic heterocycles. The van der Waals surface area contributed by atoms with Crippen LogP contribution in [0.4, 0.5) is 4.39 Å². The van der Waals surface area contributed by atoms with E-state index in [1.807, 2.05) is 43.5 Å². The van der Waals surface area contributed by atoms with E-state index >= 15 is 0 Å². The number of phenolic OH excluding ortho intramolecular Hbond substituents is 1. The average Bonchev–Trinajstić information content (AvgIpc) is 3.15. The second-order valence-corrected chi connectivity index (χ2v) is 9.13. The van der Waals surface area contributed by atoms with Crippen LogP contribution < -0.4 is 4.74 Å². The zero-order valence-corrected chi connectivity index (χ0v) is 19.9. The molecule has 2 N–H and O–H groups in total. The minimum absolute atomic E-state index is 0.122. The Morgan fingerprint density at radius 3 is 2.40 bits per heavy atom. The van der Waals surface area contributed by atoms with E-state index in [4.69, 9.17) is 4.74 Å². The number of nitrogens with zero attached hydrogens (tertiary/aromatic N) is 2. The number of aromatic carboxylic acids is 1. The molecule has 0 aliphatic rings. The number of ether oxygens (including phenoxy) is 1. The van der Waals surface area contributed by atoms with E-state index in [-0.39, 0.29) is 17.7 Å². The van der Waals surface area contributed by atoms with Gasteiger partial charge in [-0.25, -0.2) is 9.18 Å². The molecule has 0 radical (unpaired) electrons. The number of benzene rings is 3. The quantitative estimate of drug-likeness (QED) is 0.341. The number of methoxy groups -OCH3 is 1. The molecule has 0 bridgehead atoms. The first kappa shape index (κ1) is 23.8. The summed E-state index contributed by atoms with van der Waals surface area (Å²) < 4.78 is 21.9. The van der Waals surface area contributed by atoms with Gasteiger partial charge in [-0.2, -0.15) is 5.26 Å². The molecule has 1 heterocycles. The smallest absolute Gasteiger partial charge is 0.335 e. The summed E-state index contributed by atoms with van der Waals surface area (Å²) in [4.78, 5) is 11.4. The standard InChI is InChI=1S/C28H25FN2O4/c1-16-13-20(9-10-23(16)35-4)31-21-14-19(29)15-22(32)25(21)24(26(31)28(2,3)11-12-30)17-5-7-18(8-6-17)27(33)34/h5-10,13-15,32H,11H2,1-4H3,(H,33,34). The third-order valence-corrected chi connectivity index (χ3v) is 6.23. The molecular formula is C28H25FN2O4. The lowest BCUT2D eigenvalue weighted by Crippen LogP contribution is -2.22. The normalized spacial score (nSPS) is 11.4. The van der Waals surface area contributed by atoms with Gasteiger partial charge in [0.2, 0.25) is 0 Å². The maximum Gasteiger partial charge on any atom is 0.335 e. The van der Waals surface area contributed by atoms with Crippen LogP contribution in [0, 0.1) is 24.1 Å². The van der Waals surface area contributed by atoms with Crippen LogP contribution in [-0.2, 0) is 5.41 Å². The summed E-state index contributed by atoms with van der Waals surface area (Å²) in [6.45, 7) is 5.73. The predicted molar refractivity (Wildman–Crippen MR) is 132 cm³/mol. The number of aromatic hydroxyl groups is 1. The summed E-state index contributed by atoms with van der Waals surface area (Å²) in [7, 11) is 1.58. The van der Waals surface area contributed by atoms with Crippen LogP contribution in [0.15, 0.2) is 54.6 Å². The summed E-state index contributed by atoms with van der Waals surface area (Å²) in [6.07, 6.45) is 0.155. The van der Waals surface area contributed by atoms with E-state index in [1.165, 1.54) is 18.2 Å². The molecular weight excluding hydrogens is 447 g/mol. The maximum atomic E-state index is 14.6. The minimum Gasteiger partial charge on any atom is -0.507 e. The third-order valence-electron chi connectivity index (χ3n) is 6.23. The number of phenols is 1. The molecule has 3 aromatic carbocycles. The Balaban J connectivity index is 2.19. The molecule has 7 heteroatoms. The Bertz CT molecular complexity index is 1490. The van der Waals surface area contributed by atoms with Crippen molar-refractivity contribution in [3.8, 4) is 34.4 Å². The number of carbonyl (C=O) groups is 1. The molecule has 0 unspecified atom stereocenters. The van der Waals surface area contributed by atoms with Crippen molar-refractivity contribution in [2.75, 3.05) is 7.11 Å². The van der Waals surface area contributed by atoms with Gasteiger partial charge < -0.3 is 19.5 Å². The highest BCUT2D eigenvalue weighted by Gasteiger charge is 2.33. The zero-order chi connectivity index (χ0) is 25.5. The topological polar surface area (TPSA) is 95.5 Å². The number of rotatable bonds is 6. The van der Waals surface area contributed by atoms with Crippen molar-refractivity contribution in [3.05, 3.63) is 77.2 Å². The van der Waals surface area contributed by atoms with E-state index in [1.54, 1.807) is 19.2 Å². The number of aromatic nitrogens is 1. The molecule has 0 atom stereocenters. The van der Waals surface area contributed by atoms with Crippen LogP contribution in [0.3, 0.4) is 0 Å². The van der Waals surface area contributed by atoms with Crippen molar-refractivity contribution < 1.29 is 24.1 Å². The molecule has 0 spiro atoms. The fraction of sp³-hybridized carbons (Fsp3) is 0.214. The van der Waals surface area contributed by atoms with E-state index in [0.29, 0.717) is 39.2 Å². The summed E-state index contributed by atoms with van der Waals surface area (Å²) >= 11 is 0. The van der Waals surface area contributed by atoms with Gasteiger partial charge in [0.1, 0.15) is 17.3 Å². The van der Waals surface area contributed by atoms with Gasteiger partial charge in [0.15, 0.2) is 0 Å². The van der Waals surface area contributed by atoms with Crippen molar-refractivity contribution in [3.63, 3.8) is 0 Å². The Kier molecular flexibility index (Phi) is 5.99. The van der Waals surface area contributed by atoms with Gasteiger partial charge >= 0.3 is 5.97 Å². The lowest BCUT2D eigenvalue weighted by atomic mass is 9.81. The zero-order valence-electron chi connectivity index (χ0n) is 19.9. The summed E-state index contributed by atoms with van der Waals surface area (Å²) in [5.74, 6) is -1.20. The van der Waals surface area contributed by atoms with Gasteiger partial charge in [0.25, 0.3) is 0 Å². The van der Waals surface area contributed by atoms with Gasteiger partial charge in [-0.1, -0.05) is 26.0 Å². The van der Waals surface area contributed by atoms with Crippen LogP contribution >= 0.6 is 0 Å². The summed E-state index contributed by atoms with van der Waals surface area (Å²) in [5.41, 5.74) is 3.38. The molecule has 0 amide bonds. The highest BCUT2D eigenvalue weighted by atomic mass is 19.1. The number of nitriles is 1. The predicted octanol–water partition coefficient (Wildman–Crippen LogP) is 6.35. The van der Waals surface area contributed by atoms with Crippen molar-refractivity contribution in [1.82, 2.24) is 4.57 Å². The van der Waals surface area contributed by atoms with Gasteiger partial charge in [0, 0.05) is 34.8 Å². The molecule has 0 saturated carbocycles. The number of halogens is 1. The Morgan fingerprint density at radius 1 is 1.14 bits per heavy atom. The van der Waals surface area contributed by atoms with Gasteiger partial charge in [-0.3, -0.25) is 0 Å². The molecule has 6 nitrogen and oxygen atoms in total. The highest BCUT2D eigenvalue weighted by Crippen LogP contribution is 2.47. The number of aryl methyl sites for hydroxylation is 1. The SMILES string of the molecule is COc1ccc(-n2c(C(C)(C)CC#N)c(-c3ccc(C(=O)O)cc3)c3c(O)cc(F)cc32)cc1C. The Hall–Kier alpha value is -4.31. The number of hydrogen-bond acceptors (Lipinski definition) is 4. The van der Waals surface area contributed by atoms with Crippen LogP contribution in [0.2, 0.25) is 0 Å². The van der Waals surface area contributed by atoms with Crippen molar-refractivity contribution in [2.45, 2.75) is 32.6 Å². The summed E-state index contributed by atoms with van der Waals surface area (Å²) in [5, 5.41) is 30.3. The van der Waals surface area contributed by atoms with Gasteiger partial charge in [0.05, 0.1) is 29.6 Å². The van der Waals surface area contributed by atoms with E-state index in [2.05, 4.69) is 6.07 Å². The number of carboxylic acids is 1. The molecule has 0 saturated heterocycles. The fourth-order valence-corrected chi connectivity index (χ4v) is 4.61. The lowest BCUT2D eigenvalue weighted by molar-refractivity contribution is 0.0697. The van der Waals surface area contributed by atoms with Gasteiger partial charge in [-0.15, -0.1) is 0 Å². The molecule has 0 aliphatic carbocycles. The monoisotopic (exact) mass is 472 g/mol. The molecule has 0 aliphatic heterocycles. The second-order valence-electron chi connectivity index (χ2n) is 9.13. The first-order valence-electron chi connectivity index (χ1n) is 11.0. The van der Waals surface area contributed by atoms with Crippen molar-refractivity contribution in [2.24, 2.45) is 0 Å². The lowest BCUT2D eigenvalue weighted by Gasteiger charge is -2.27. The van der Waals surface area contributed by atoms with Crippen LogP contribution in [0.1, 0.15) is 41.9 Å². The first-order chi connectivity index (χ1) is 16.6. The molecule has 4 rings (SSSR count). The van der Waals surface area contributed by atoms with Crippen LogP contribution in [0.25, 0.3) is 27.7 Å². The van der Waals surface area contributed by atoms with E-state index < -0.39 is 17.2 Å². The van der Waals surface area contributed by atoms with Crippen LogP contribution in [0.5, 0.6) is 11.5 Å². The average molecular weight is 473 g/mol. The maximum absolute atomic E-state index is 14.6. The highest BCUT2D eigenvalue weighted by molar-refractivity contribution is 6.04. The first-order valence-corrected chi connectivity index (χ1v) is 11.0. The fourth-order valence-electron chi connectivity index (χ4n) is 4.61. The third kappa shape index (κ3) is 4.08. The van der Waals surface area contributed by atoms with E-state index in [0.717, 1.165) is 11.6 Å². The summed E-state index contributed by atoms with van der Waals surface area (Å²) in [6, 6.07) is 16.5. The van der Waals surface area contributed by atoms with Crippen molar-refractivity contribution in [1.29, 1.82) is 5.26 Å².